The van der Waals surface area contributed by atoms with Crippen LogP contribution >= 0.6 is 0 Å². The first kappa shape index (κ1) is 13.6. The van der Waals surface area contributed by atoms with Crippen LogP contribution in [0.25, 0.3) is 0 Å². The molecular weight excluding hydrogens is 266 g/mol. The van der Waals surface area contributed by atoms with Crippen molar-refractivity contribution >= 4 is 17.2 Å². The molecule has 6 nitrogen and oxygen atoms in total. The highest BCUT2D eigenvalue weighted by molar-refractivity contribution is 5.63. The SMILES string of the molecule is COc1cccc(N2CCN(c3nn(C)cc3N)CC2)c1. The van der Waals surface area contributed by atoms with Crippen LogP contribution < -0.4 is 20.3 Å². The monoisotopic (exact) mass is 287 g/mol. The third kappa shape index (κ3) is 2.74. The Bertz CT molecular complexity index is 616. The third-order valence-corrected chi connectivity index (χ3v) is 3.83. The molecular formula is C15H21N5O. The van der Waals surface area contributed by atoms with Crippen LogP contribution in [0.2, 0.25) is 0 Å². The fourth-order valence-electron chi connectivity index (χ4n) is 2.72. The second-order valence-electron chi connectivity index (χ2n) is 5.26. The first-order chi connectivity index (χ1) is 10.2. The minimum atomic E-state index is 0.743. The quantitative estimate of drug-likeness (QED) is 0.923. The largest absolute Gasteiger partial charge is 0.497 e. The van der Waals surface area contributed by atoms with E-state index in [1.54, 1.807) is 11.8 Å². The Labute approximate surface area is 124 Å². The molecule has 112 valence electrons. The Balaban J connectivity index is 1.68. The first-order valence-electron chi connectivity index (χ1n) is 7.10. The number of nitrogens with two attached hydrogens (primary N) is 1. The van der Waals surface area contributed by atoms with Gasteiger partial charge in [-0.25, -0.2) is 0 Å². The molecule has 2 N–H and O–H groups in total. The Morgan fingerprint density at radius 2 is 1.86 bits per heavy atom. The number of aromatic nitrogens is 2. The van der Waals surface area contributed by atoms with Gasteiger partial charge in [0, 0.05) is 51.2 Å². The van der Waals surface area contributed by atoms with E-state index in [4.69, 9.17) is 10.5 Å². The molecule has 0 amide bonds. The van der Waals surface area contributed by atoms with Gasteiger partial charge in [-0.3, -0.25) is 4.68 Å². The molecule has 6 heteroatoms. The Morgan fingerprint density at radius 3 is 2.48 bits per heavy atom. The molecule has 0 radical (unpaired) electrons. The summed E-state index contributed by atoms with van der Waals surface area (Å²) < 4.78 is 7.05. The molecule has 1 aliphatic heterocycles. The van der Waals surface area contributed by atoms with Crippen LogP contribution in [0.1, 0.15) is 0 Å². The average molecular weight is 287 g/mol. The Morgan fingerprint density at radius 1 is 1.14 bits per heavy atom. The number of hydrogen-bond donors (Lipinski definition) is 1. The number of benzene rings is 1. The molecule has 1 aromatic heterocycles. The van der Waals surface area contributed by atoms with Gasteiger partial charge >= 0.3 is 0 Å². The van der Waals surface area contributed by atoms with Crippen molar-refractivity contribution in [3.8, 4) is 5.75 Å². The van der Waals surface area contributed by atoms with Gasteiger partial charge in [0.2, 0.25) is 0 Å². The van der Waals surface area contributed by atoms with Gasteiger partial charge in [-0.2, -0.15) is 5.10 Å². The predicted octanol–water partition coefficient (Wildman–Crippen LogP) is 1.34. The Hall–Kier alpha value is -2.37. The highest BCUT2D eigenvalue weighted by Gasteiger charge is 2.21. The highest BCUT2D eigenvalue weighted by Crippen LogP contribution is 2.25. The van der Waals surface area contributed by atoms with Crippen molar-refractivity contribution in [2.45, 2.75) is 0 Å². The van der Waals surface area contributed by atoms with E-state index in [0.29, 0.717) is 0 Å². The van der Waals surface area contributed by atoms with E-state index in [0.717, 1.165) is 43.4 Å². The number of anilines is 3. The average Bonchev–Trinajstić information content (AvgIpc) is 2.86. The third-order valence-electron chi connectivity index (χ3n) is 3.83. The zero-order chi connectivity index (χ0) is 14.8. The molecule has 0 unspecified atom stereocenters. The summed E-state index contributed by atoms with van der Waals surface area (Å²) in [4.78, 5) is 4.60. The van der Waals surface area contributed by atoms with Crippen LogP contribution in [0.5, 0.6) is 5.75 Å². The van der Waals surface area contributed by atoms with E-state index >= 15 is 0 Å². The van der Waals surface area contributed by atoms with E-state index in [2.05, 4.69) is 27.0 Å². The van der Waals surface area contributed by atoms with E-state index < -0.39 is 0 Å². The number of rotatable bonds is 3. The molecule has 3 rings (SSSR count). The van der Waals surface area contributed by atoms with Crippen molar-refractivity contribution in [3.63, 3.8) is 0 Å². The zero-order valence-corrected chi connectivity index (χ0v) is 12.5. The minimum Gasteiger partial charge on any atom is -0.497 e. The van der Waals surface area contributed by atoms with Gasteiger partial charge in [-0.15, -0.1) is 0 Å². The lowest BCUT2D eigenvalue weighted by Gasteiger charge is -2.36. The van der Waals surface area contributed by atoms with Gasteiger partial charge in [-0.1, -0.05) is 6.07 Å². The van der Waals surface area contributed by atoms with Crippen molar-refractivity contribution in [2.75, 3.05) is 48.8 Å². The molecule has 2 aromatic rings. The second-order valence-corrected chi connectivity index (χ2v) is 5.26. The van der Waals surface area contributed by atoms with Gasteiger partial charge in [0.15, 0.2) is 5.82 Å². The maximum atomic E-state index is 6.00. The van der Waals surface area contributed by atoms with Crippen LogP contribution in [0.15, 0.2) is 30.5 Å². The van der Waals surface area contributed by atoms with Crippen LogP contribution in [-0.4, -0.2) is 43.1 Å². The molecule has 1 aliphatic rings. The van der Waals surface area contributed by atoms with Crippen molar-refractivity contribution in [3.05, 3.63) is 30.5 Å². The summed E-state index contributed by atoms with van der Waals surface area (Å²) in [5.41, 5.74) is 7.94. The molecule has 1 fully saturated rings. The fourth-order valence-corrected chi connectivity index (χ4v) is 2.72. The van der Waals surface area contributed by atoms with Gasteiger partial charge < -0.3 is 20.3 Å². The number of hydrogen-bond acceptors (Lipinski definition) is 5. The molecule has 2 heterocycles. The van der Waals surface area contributed by atoms with Crippen LogP contribution in [0.4, 0.5) is 17.2 Å². The van der Waals surface area contributed by atoms with Crippen LogP contribution in [0, 0.1) is 0 Å². The zero-order valence-electron chi connectivity index (χ0n) is 12.5. The summed E-state index contributed by atoms with van der Waals surface area (Å²) in [5.74, 6) is 1.78. The van der Waals surface area contributed by atoms with E-state index in [1.165, 1.54) is 5.69 Å². The van der Waals surface area contributed by atoms with Crippen molar-refractivity contribution < 1.29 is 4.74 Å². The first-order valence-corrected chi connectivity index (χ1v) is 7.10. The molecule has 0 spiro atoms. The van der Waals surface area contributed by atoms with Gasteiger partial charge in [0.25, 0.3) is 0 Å². The number of ether oxygens (including phenoxy) is 1. The fraction of sp³-hybridized carbons (Fsp3) is 0.400. The molecule has 1 aromatic carbocycles. The minimum absolute atomic E-state index is 0.743. The normalized spacial score (nSPS) is 15.3. The van der Waals surface area contributed by atoms with Gasteiger partial charge in [0.1, 0.15) is 5.75 Å². The summed E-state index contributed by atoms with van der Waals surface area (Å²) in [6.07, 6.45) is 1.85. The standard InChI is InChI=1S/C15H21N5O/c1-18-11-14(16)15(17-18)20-8-6-19(7-9-20)12-4-3-5-13(10-12)21-2/h3-5,10-11H,6-9,16H2,1-2H3. The van der Waals surface area contributed by atoms with Crippen molar-refractivity contribution in [1.82, 2.24) is 9.78 Å². The van der Waals surface area contributed by atoms with Gasteiger partial charge in [0.05, 0.1) is 12.8 Å². The summed E-state index contributed by atoms with van der Waals surface area (Å²) in [6, 6.07) is 8.18. The topological polar surface area (TPSA) is 59.5 Å². The molecule has 0 aliphatic carbocycles. The summed E-state index contributed by atoms with van der Waals surface area (Å²) in [6.45, 7) is 3.73. The number of nitrogen functional groups attached to an aromatic ring is 1. The second kappa shape index (κ2) is 5.55. The number of aryl methyl sites for hydroxylation is 1. The molecule has 0 saturated carbocycles. The van der Waals surface area contributed by atoms with E-state index in [9.17, 15) is 0 Å². The summed E-state index contributed by atoms with van der Waals surface area (Å²) in [5, 5.41) is 4.44. The molecule has 1 saturated heterocycles. The summed E-state index contributed by atoms with van der Waals surface area (Å²) in [7, 11) is 3.59. The number of methoxy groups -OCH3 is 1. The van der Waals surface area contributed by atoms with E-state index in [1.807, 2.05) is 25.4 Å². The van der Waals surface area contributed by atoms with Gasteiger partial charge in [-0.05, 0) is 12.1 Å². The lowest BCUT2D eigenvalue weighted by atomic mass is 10.2. The maximum absolute atomic E-state index is 6.00. The maximum Gasteiger partial charge on any atom is 0.173 e. The lowest BCUT2D eigenvalue weighted by molar-refractivity contribution is 0.414. The summed E-state index contributed by atoms with van der Waals surface area (Å²) >= 11 is 0. The predicted molar refractivity (Wildman–Crippen MR) is 85.0 cm³/mol. The molecule has 21 heavy (non-hydrogen) atoms. The highest BCUT2D eigenvalue weighted by atomic mass is 16.5. The Kier molecular flexibility index (Phi) is 3.60. The number of nitrogens with zero attached hydrogens (tertiary/aromatic N) is 4. The molecule has 0 bridgehead atoms. The van der Waals surface area contributed by atoms with E-state index in [-0.39, 0.29) is 0 Å². The van der Waals surface area contributed by atoms with Crippen LogP contribution in [0.3, 0.4) is 0 Å². The van der Waals surface area contributed by atoms with Crippen molar-refractivity contribution in [1.29, 1.82) is 0 Å². The molecule has 0 atom stereocenters. The smallest absolute Gasteiger partial charge is 0.173 e. The number of piperazine rings is 1. The van der Waals surface area contributed by atoms with Crippen molar-refractivity contribution in [2.24, 2.45) is 7.05 Å². The lowest BCUT2D eigenvalue weighted by Crippen LogP contribution is -2.46. The van der Waals surface area contributed by atoms with Crippen LogP contribution in [-0.2, 0) is 7.05 Å².